The van der Waals surface area contributed by atoms with Crippen LogP contribution in [0.2, 0.25) is 13.1 Å². The molecule has 7 rings (SSSR count). The van der Waals surface area contributed by atoms with Crippen LogP contribution in [0.4, 0.5) is 0 Å². The average molecular weight is 605 g/mol. The zero-order valence-electron chi connectivity index (χ0n) is 20.7. The second-order valence-corrected chi connectivity index (χ2v) is 52.3. The van der Waals surface area contributed by atoms with E-state index in [1.54, 1.807) is 0 Å². The van der Waals surface area contributed by atoms with Gasteiger partial charge in [0.2, 0.25) is 0 Å². The molecular formula is C31H28Cl2NSiZr. The normalized spacial score (nSPS) is 16.9. The van der Waals surface area contributed by atoms with Crippen LogP contribution >= 0.6 is 17.0 Å². The molecule has 0 amide bonds. The Morgan fingerprint density at radius 2 is 1.44 bits per heavy atom. The molecule has 1 unspecified atom stereocenters. The van der Waals surface area contributed by atoms with Gasteiger partial charge in [-0.15, -0.1) is 0 Å². The SMILES string of the molecule is Cn1c2c(c3ccccc31)-c1ccccc1[CH]2[Zr]([Cl])([Cl])([c]1cccc2c1Cc1ccccc1-2)[SiH](C)C. The molecule has 36 heavy (non-hydrogen) atoms. The van der Waals surface area contributed by atoms with Gasteiger partial charge in [0.05, 0.1) is 0 Å². The molecule has 5 aromatic rings. The van der Waals surface area contributed by atoms with Crippen LogP contribution in [0.1, 0.15) is 26.0 Å². The Kier molecular flexibility index (Phi) is 5.04. The zero-order valence-corrected chi connectivity index (χ0v) is 25.8. The molecule has 5 heteroatoms. The first kappa shape index (κ1) is 23.2. The monoisotopic (exact) mass is 602 g/mol. The summed E-state index contributed by atoms with van der Waals surface area (Å²) >= 11 is -4.75. The Bertz CT molecular complexity index is 1720. The van der Waals surface area contributed by atoms with Crippen LogP contribution in [0.25, 0.3) is 33.2 Å². The summed E-state index contributed by atoms with van der Waals surface area (Å²) in [5.41, 5.74) is 12.0. The van der Waals surface area contributed by atoms with E-state index in [2.05, 4.69) is 116 Å². The molecule has 1 atom stereocenters. The van der Waals surface area contributed by atoms with Gasteiger partial charge in [0.15, 0.2) is 0 Å². The van der Waals surface area contributed by atoms with Gasteiger partial charge in [0.1, 0.15) is 0 Å². The van der Waals surface area contributed by atoms with Gasteiger partial charge >= 0.3 is 223 Å². The van der Waals surface area contributed by atoms with Gasteiger partial charge in [0, 0.05) is 0 Å². The molecule has 0 saturated carbocycles. The number of halogens is 2. The second-order valence-electron chi connectivity index (χ2n) is 10.8. The van der Waals surface area contributed by atoms with Gasteiger partial charge in [-0.2, -0.15) is 0 Å². The van der Waals surface area contributed by atoms with Gasteiger partial charge in [-0.25, -0.2) is 0 Å². The number of para-hydroxylation sites is 1. The van der Waals surface area contributed by atoms with Gasteiger partial charge in [-0.05, 0) is 0 Å². The molecule has 2 aliphatic carbocycles. The third-order valence-electron chi connectivity index (χ3n) is 8.92. The minimum atomic E-state index is -4.75. The van der Waals surface area contributed by atoms with Gasteiger partial charge in [0.25, 0.3) is 0 Å². The van der Waals surface area contributed by atoms with E-state index in [-0.39, 0.29) is 3.63 Å². The first-order chi connectivity index (χ1) is 17.3. The van der Waals surface area contributed by atoms with Crippen LogP contribution in [0, 0.1) is 0 Å². The van der Waals surface area contributed by atoms with Gasteiger partial charge in [-0.1, -0.05) is 0 Å². The van der Waals surface area contributed by atoms with Crippen molar-refractivity contribution in [3.8, 4) is 22.3 Å². The van der Waals surface area contributed by atoms with E-state index in [0.29, 0.717) is 0 Å². The van der Waals surface area contributed by atoms with Crippen LogP contribution in [0.3, 0.4) is 0 Å². The Hall–Kier alpha value is -1.90. The molecule has 1 aromatic heterocycles. The Labute approximate surface area is 221 Å². The third-order valence-corrected chi connectivity index (χ3v) is 58.7. The van der Waals surface area contributed by atoms with E-state index in [9.17, 15) is 0 Å². The van der Waals surface area contributed by atoms with Crippen LogP contribution in [0.15, 0.2) is 91.0 Å². The molecule has 0 fully saturated rings. The van der Waals surface area contributed by atoms with Crippen LogP contribution in [-0.4, -0.2) is 10.5 Å². The summed E-state index contributed by atoms with van der Waals surface area (Å²) in [6, 6.07) is 33.2. The summed E-state index contributed by atoms with van der Waals surface area (Å²) in [4.78, 5) is 0. The number of benzene rings is 4. The zero-order chi connectivity index (χ0) is 24.8. The van der Waals surface area contributed by atoms with Crippen molar-refractivity contribution in [1.82, 2.24) is 4.57 Å². The van der Waals surface area contributed by atoms with E-state index in [4.69, 9.17) is 17.0 Å². The van der Waals surface area contributed by atoms with Crippen molar-refractivity contribution in [2.45, 2.75) is 23.1 Å². The number of aryl methyl sites for hydroxylation is 1. The standard InChI is InChI=1S/C16H12N.C13H9.C2H7Si.2ClH.Zr/c1-17-14-9-5-4-8-13(14)16-12-7-3-2-6-11(12)10-15(16)17;1-3-7-12-10(5-1)9-11-6-2-4-8-13(11)12;1-3-2;;;/h2-10H,1H3;1-5,7-8H,9H2;3H,1-2H3;2*1H;/q;;;;;+2/p-2. The first-order valence-electron chi connectivity index (χ1n) is 12.8. The van der Waals surface area contributed by atoms with Crippen LogP contribution in [-0.2, 0) is 29.0 Å². The first-order valence-corrected chi connectivity index (χ1v) is 28.9. The number of nitrogens with zero attached hydrogens (tertiary/aromatic N) is 1. The van der Waals surface area contributed by atoms with Crippen molar-refractivity contribution in [3.63, 3.8) is 0 Å². The molecule has 2 aliphatic rings. The molecule has 4 aromatic carbocycles. The molecule has 0 saturated heterocycles. The third kappa shape index (κ3) is 2.81. The van der Waals surface area contributed by atoms with E-state index in [1.807, 2.05) is 0 Å². The molecule has 0 radical (unpaired) electrons. The van der Waals surface area contributed by atoms with Crippen molar-refractivity contribution >= 4 is 37.1 Å². The van der Waals surface area contributed by atoms with Crippen LogP contribution in [0.5, 0.6) is 0 Å². The fourth-order valence-corrected chi connectivity index (χ4v) is 34.0. The Morgan fingerprint density at radius 1 is 0.778 bits per heavy atom. The van der Waals surface area contributed by atoms with Crippen molar-refractivity contribution in [2.75, 3.05) is 0 Å². The summed E-state index contributed by atoms with van der Waals surface area (Å²) in [6.45, 7) is 4.80. The summed E-state index contributed by atoms with van der Waals surface area (Å²) in [6.07, 6.45) is 0.919. The van der Waals surface area contributed by atoms with Crippen molar-refractivity contribution in [1.29, 1.82) is 0 Å². The molecular weight excluding hydrogens is 577 g/mol. The van der Waals surface area contributed by atoms with Gasteiger partial charge < -0.3 is 0 Å². The maximum atomic E-state index is 8.37. The molecule has 1 heterocycles. The Balaban J connectivity index is 1.58. The second kappa shape index (κ2) is 7.81. The quantitative estimate of drug-likeness (QED) is 0.180. The van der Waals surface area contributed by atoms with E-state index >= 15 is 0 Å². The predicted molar refractivity (Wildman–Crippen MR) is 155 cm³/mol. The van der Waals surface area contributed by atoms with Crippen molar-refractivity contribution in [2.24, 2.45) is 7.05 Å². The number of rotatable bonds is 3. The van der Waals surface area contributed by atoms with Gasteiger partial charge in [-0.3, -0.25) is 0 Å². The summed E-state index contributed by atoms with van der Waals surface area (Å²) < 4.78 is 3.73. The number of hydrogen-bond acceptors (Lipinski definition) is 0. The summed E-state index contributed by atoms with van der Waals surface area (Å²) in [7, 11) is 18.9. The van der Waals surface area contributed by atoms with E-state index in [0.717, 1.165) is 6.42 Å². The fourth-order valence-electron chi connectivity index (χ4n) is 7.10. The number of aromatic nitrogens is 1. The maximum absolute atomic E-state index is 8.37. The molecule has 0 bridgehead atoms. The predicted octanol–water partition coefficient (Wildman–Crippen LogP) is 8.13. The number of fused-ring (bicyclic) bond motifs is 8. The summed E-state index contributed by atoms with van der Waals surface area (Å²) in [5, 5.41) is 1.30. The molecule has 0 aliphatic heterocycles. The topological polar surface area (TPSA) is 4.93 Å². The Morgan fingerprint density at radius 3 is 2.25 bits per heavy atom. The molecule has 179 valence electrons. The average Bonchev–Trinajstić information content (AvgIpc) is 3.53. The fraction of sp³-hybridized carbons (Fsp3) is 0.161. The van der Waals surface area contributed by atoms with E-state index in [1.165, 1.54) is 58.8 Å². The van der Waals surface area contributed by atoms with Crippen molar-refractivity contribution < 1.29 is 15.6 Å². The minimum absolute atomic E-state index is 0.0419. The van der Waals surface area contributed by atoms with E-state index < -0.39 is 21.5 Å². The molecule has 0 spiro atoms. The number of hydrogen-bond donors (Lipinski definition) is 0. The van der Waals surface area contributed by atoms with Crippen molar-refractivity contribution in [3.05, 3.63) is 113 Å². The molecule has 0 N–H and O–H groups in total. The van der Waals surface area contributed by atoms with Crippen LogP contribution < -0.4 is 3.27 Å². The molecule has 1 nitrogen and oxygen atoms in total. The summed E-state index contributed by atoms with van der Waals surface area (Å²) in [5.74, 6) is -1.58.